The predicted molar refractivity (Wildman–Crippen MR) is 61.4 cm³/mol. The van der Waals surface area contributed by atoms with Gasteiger partial charge in [0.2, 0.25) is 0 Å². The van der Waals surface area contributed by atoms with E-state index in [1.54, 1.807) is 0 Å². The van der Waals surface area contributed by atoms with Gasteiger partial charge in [-0.1, -0.05) is 11.6 Å². The van der Waals surface area contributed by atoms with Crippen LogP contribution in [0.25, 0.3) is 0 Å². The van der Waals surface area contributed by atoms with Crippen LogP contribution in [0, 0.1) is 5.82 Å². The van der Waals surface area contributed by atoms with E-state index in [0.29, 0.717) is 5.02 Å². The monoisotopic (exact) mass is 251 g/mol. The third kappa shape index (κ3) is 2.76. The number of hydrogen-bond donors (Lipinski definition) is 1. The average molecular weight is 252 g/mol. The number of rotatable bonds is 2. The maximum absolute atomic E-state index is 12.6. The lowest BCUT2D eigenvalue weighted by Gasteiger charge is -2.04. The molecule has 0 fully saturated rings. The van der Waals surface area contributed by atoms with Crippen molar-refractivity contribution in [1.29, 1.82) is 0 Å². The summed E-state index contributed by atoms with van der Waals surface area (Å²) in [6, 6.07) is 4.07. The molecule has 0 radical (unpaired) electrons. The molecule has 0 saturated heterocycles. The first-order valence-electron chi connectivity index (χ1n) is 4.69. The first kappa shape index (κ1) is 11.5. The van der Waals surface area contributed by atoms with Gasteiger partial charge in [-0.25, -0.2) is 9.37 Å². The Kier molecular flexibility index (Phi) is 3.30. The number of anilines is 1. The summed E-state index contributed by atoms with van der Waals surface area (Å²) in [5, 5.41) is 2.78. The standard InChI is InChI=1S/C11H7ClFN3O/c12-9-3-4-14-6-8(9)11(17)16-10-2-1-7(13)5-15-10/h1-6H,(H,15,16,17). The van der Waals surface area contributed by atoms with E-state index >= 15 is 0 Å². The van der Waals surface area contributed by atoms with Crippen LogP contribution in [0.1, 0.15) is 10.4 Å². The van der Waals surface area contributed by atoms with Crippen LogP contribution in [-0.4, -0.2) is 15.9 Å². The summed E-state index contributed by atoms with van der Waals surface area (Å²) in [4.78, 5) is 19.3. The quantitative estimate of drug-likeness (QED) is 0.892. The molecule has 2 aromatic heterocycles. The van der Waals surface area contributed by atoms with E-state index in [1.807, 2.05) is 0 Å². The number of nitrogens with one attached hydrogen (secondary N) is 1. The Balaban J connectivity index is 2.17. The van der Waals surface area contributed by atoms with Crippen molar-refractivity contribution in [3.8, 4) is 0 Å². The van der Waals surface area contributed by atoms with Gasteiger partial charge < -0.3 is 5.32 Å². The minimum absolute atomic E-state index is 0.236. The number of carbonyl (C=O) groups excluding carboxylic acids is 1. The van der Waals surface area contributed by atoms with Crippen LogP contribution in [0.2, 0.25) is 5.02 Å². The first-order chi connectivity index (χ1) is 8.16. The minimum atomic E-state index is -0.470. The molecule has 6 heteroatoms. The van der Waals surface area contributed by atoms with E-state index < -0.39 is 11.7 Å². The fraction of sp³-hybridized carbons (Fsp3) is 0. The zero-order valence-electron chi connectivity index (χ0n) is 8.52. The molecule has 4 nitrogen and oxygen atoms in total. The van der Waals surface area contributed by atoms with Gasteiger partial charge in [0.25, 0.3) is 5.91 Å². The van der Waals surface area contributed by atoms with Crippen molar-refractivity contribution in [3.63, 3.8) is 0 Å². The molecule has 2 heterocycles. The van der Waals surface area contributed by atoms with E-state index in [2.05, 4.69) is 15.3 Å². The van der Waals surface area contributed by atoms with E-state index in [-0.39, 0.29) is 11.4 Å². The summed E-state index contributed by atoms with van der Waals surface area (Å²) >= 11 is 5.83. The second-order valence-electron chi connectivity index (χ2n) is 3.17. The second kappa shape index (κ2) is 4.88. The van der Waals surface area contributed by atoms with Crippen LogP contribution in [0.3, 0.4) is 0 Å². The van der Waals surface area contributed by atoms with Crippen molar-refractivity contribution in [2.75, 3.05) is 5.32 Å². The summed E-state index contributed by atoms with van der Waals surface area (Å²) in [6.07, 6.45) is 3.84. The lowest BCUT2D eigenvalue weighted by molar-refractivity contribution is 0.102. The number of pyridine rings is 2. The van der Waals surface area contributed by atoms with E-state index in [1.165, 1.54) is 30.6 Å². The van der Waals surface area contributed by atoms with Gasteiger partial charge in [0.15, 0.2) is 0 Å². The van der Waals surface area contributed by atoms with Crippen LogP contribution in [0.5, 0.6) is 0 Å². The third-order valence-electron chi connectivity index (χ3n) is 1.98. The highest BCUT2D eigenvalue weighted by Crippen LogP contribution is 2.15. The highest BCUT2D eigenvalue weighted by Gasteiger charge is 2.10. The van der Waals surface area contributed by atoms with E-state index in [0.717, 1.165) is 6.20 Å². The maximum Gasteiger partial charge on any atom is 0.259 e. The zero-order valence-corrected chi connectivity index (χ0v) is 9.28. The molecular weight excluding hydrogens is 245 g/mol. The molecule has 1 amide bonds. The smallest absolute Gasteiger partial charge is 0.259 e. The van der Waals surface area contributed by atoms with Crippen LogP contribution in [0.4, 0.5) is 10.2 Å². The average Bonchev–Trinajstić information content (AvgIpc) is 2.32. The van der Waals surface area contributed by atoms with Gasteiger partial charge in [-0.05, 0) is 18.2 Å². The molecule has 1 N–H and O–H groups in total. The molecule has 0 bridgehead atoms. The topological polar surface area (TPSA) is 54.9 Å². The molecule has 17 heavy (non-hydrogen) atoms. The summed E-state index contributed by atoms with van der Waals surface area (Å²) in [5.41, 5.74) is 0.236. The van der Waals surface area contributed by atoms with Crippen LogP contribution >= 0.6 is 11.6 Å². The fourth-order valence-electron chi connectivity index (χ4n) is 1.18. The SMILES string of the molecule is O=C(Nc1ccc(F)cn1)c1cnccc1Cl. The van der Waals surface area contributed by atoms with Gasteiger partial charge in [0.1, 0.15) is 11.6 Å². The number of hydrogen-bond acceptors (Lipinski definition) is 3. The molecule has 0 aromatic carbocycles. The predicted octanol–water partition coefficient (Wildman–Crippen LogP) is 2.52. The highest BCUT2D eigenvalue weighted by molar-refractivity contribution is 6.34. The molecule has 2 aromatic rings. The Hall–Kier alpha value is -2.01. The maximum atomic E-state index is 12.6. The molecule has 0 aliphatic rings. The van der Waals surface area contributed by atoms with Crippen LogP contribution in [-0.2, 0) is 0 Å². The summed E-state index contributed by atoms with van der Waals surface area (Å²) in [7, 11) is 0. The van der Waals surface area contributed by atoms with Gasteiger partial charge in [0.05, 0.1) is 16.8 Å². The Labute approximate surface area is 101 Å². The summed E-state index contributed by atoms with van der Waals surface area (Å²) < 4.78 is 12.6. The summed E-state index contributed by atoms with van der Waals surface area (Å²) in [6.45, 7) is 0. The third-order valence-corrected chi connectivity index (χ3v) is 2.31. The number of halogens is 2. The van der Waals surface area contributed by atoms with Gasteiger partial charge in [-0.15, -0.1) is 0 Å². The molecule has 0 spiro atoms. The number of aromatic nitrogens is 2. The Morgan fingerprint density at radius 1 is 1.29 bits per heavy atom. The molecule has 0 aliphatic carbocycles. The normalized spacial score (nSPS) is 10.0. The van der Waals surface area contributed by atoms with Gasteiger partial charge in [0, 0.05) is 12.4 Å². The lowest BCUT2D eigenvalue weighted by Crippen LogP contribution is -2.13. The van der Waals surface area contributed by atoms with Crippen LogP contribution in [0.15, 0.2) is 36.8 Å². The molecule has 86 valence electrons. The van der Waals surface area contributed by atoms with Crippen molar-refractivity contribution in [3.05, 3.63) is 53.2 Å². The minimum Gasteiger partial charge on any atom is -0.306 e. The lowest BCUT2D eigenvalue weighted by atomic mass is 10.2. The van der Waals surface area contributed by atoms with Gasteiger partial charge in [-0.2, -0.15) is 0 Å². The van der Waals surface area contributed by atoms with Gasteiger partial charge in [-0.3, -0.25) is 9.78 Å². The fourth-order valence-corrected chi connectivity index (χ4v) is 1.37. The molecule has 0 aliphatic heterocycles. The second-order valence-corrected chi connectivity index (χ2v) is 3.58. The van der Waals surface area contributed by atoms with E-state index in [9.17, 15) is 9.18 Å². The first-order valence-corrected chi connectivity index (χ1v) is 5.07. The van der Waals surface area contributed by atoms with E-state index in [4.69, 9.17) is 11.6 Å². The van der Waals surface area contributed by atoms with Crippen molar-refractivity contribution < 1.29 is 9.18 Å². The highest BCUT2D eigenvalue weighted by atomic mass is 35.5. The van der Waals surface area contributed by atoms with Crippen molar-refractivity contribution >= 4 is 23.3 Å². The molecule has 0 saturated carbocycles. The van der Waals surface area contributed by atoms with Crippen molar-refractivity contribution in [2.45, 2.75) is 0 Å². The molecule has 2 rings (SSSR count). The molecular formula is C11H7ClFN3O. The van der Waals surface area contributed by atoms with Gasteiger partial charge >= 0.3 is 0 Å². The number of amides is 1. The van der Waals surface area contributed by atoms with Crippen molar-refractivity contribution in [2.24, 2.45) is 0 Å². The molecule has 0 unspecified atom stereocenters. The zero-order chi connectivity index (χ0) is 12.3. The molecule has 0 atom stereocenters. The Morgan fingerprint density at radius 2 is 2.12 bits per heavy atom. The van der Waals surface area contributed by atoms with Crippen molar-refractivity contribution in [1.82, 2.24) is 9.97 Å². The van der Waals surface area contributed by atoms with Crippen LogP contribution < -0.4 is 5.32 Å². The number of nitrogens with zero attached hydrogens (tertiary/aromatic N) is 2. The number of carbonyl (C=O) groups is 1. The Bertz CT molecular complexity index is 545. The largest absolute Gasteiger partial charge is 0.306 e. The summed E-state index contributed by atoms with van der Waals surface area (Å²) in [5.74, 6) is -0.666. The Morgan fingerprint density at radius 3 is 2.76 bits per heavy atom.